The average Bonchev–Trinajstić information content (AvgIpc) is 3.16. The Bertz CT molecular complexity index is 677. The zero-order valence-corrected chi connectivity index (χ0v) is 12.6. The zero-order chi connectivity index (χ0) is 14.9. The van der Waals surface area contributed by atoms with Crippen LogP contribution in [0.15, 0.2) is 54.6 Å². The third-order valence-electron chi connectivity index (χ3n) is 4.71. The lowest BCUT2D eigenvalue weighted by Crippen LogP contribution is -2.36. The van der Waals surface area contributed by atoms with Crippen molar-refractivity contribution in [3.8, 4) is 0 Å². The molecule has 2 aliphatic heterocycles. The summed E-state index contributed by atoms with van der Waals surface area (Å²) in [6.45, 7) is 2.72. The summed E-state index contributed by atoms with van der Waals surface area (Å²) in [5.74, 6) is 0.229. The molecule has 0 saturated carbocycles. The number of carbonyl (C=O) groups is 1. The lowest BCUT2D eigenvalue weighted by molar-refractivity contribution is -0.122. The highest BCUT2D eigenvalue weighted by molar-refractivity contribution is 6.04. The van der Waals surface area contributed by atoms with E-state index in [1.165, 1.54) is 24.0 Å². The van der Waals surface area contributed by atoms with Crippen LogP contribution in [0.3, 0.4) is 0 Å². The Labute approximate surface area is 131 Å². The number of para-hydroxylation sites is 1. The quantitative estimate of drug-likeness (QED) is 0.866. The molecule has 2 aromatic rings. The van der Waals surface area contributed by atoms with Crippen LogP contribution in [0.4, 0.5) is 5.69 Å². The van der Waals surface area contributed by atoms with Gasteiger partial charge in [0, 0.05) is 11.3 Å². The SMILES string of the molecule is O=C1C(N2CCCC2)c2ccccc2N1Cc1ccccc1. The molecule has 0 bridgehead atoms. The Morgan fingerprint density at radius 2 is 1.59 bits per heavy atom. The summed E-state index contributed by atoms with van der Waals surface area (Å²) in [7, 11) is 0. The molecular weight excluding hydrogens is 272 g/mol. The first-order valence-corrected chi connectivity index (χ1v) is 8.03. The van der Waals surface area contributed by atoms with Crippen molar-refractivity contribution in [3.05, 3.63) is 65.7 Å². The third kappa shape index (κ3) is 2.22. The number of carbonyl (C=O) groups excluding carboxylic acids is 1. The summed E-state index contributed by atoms with van der Waals surface area (Å²) in [4.78, 5) is 17.3. The highest BCUT2D eigenvalue weighted by atomic mass is 16.2. The summed E-state index contributed by atoms with van der Waals surface area (Å²) >= 11 is 0. The summed E-state index contributed by atoms with van der Waals surface area (Å²) in [6, 6.07) is 18.4. The van der Waals surface area contributed by atoms with Gasteiger partial charge in [0.1, 0.15) is 6.04 Å². The van der Waals surface area contributed by atoms with E-state index in [4.69, 9.17) is 0 Å². The van der Waals surface area contributed by atoms with Gasteiger partial charge in [0.25, 0.3) is 0 Å². The number of likely N-dealkylation sites (tertiary alicyclic amines) is 1. The van der Waals surface area contributed by atoms with E-state index in [0.29, 0.717) is 6.54 Å². The van der Waals surface area contributed by atoms with Gasteiger partial charge < -0.3 is 4.90 Å². The van der Waals surface area contributed by atoms with Gasteiger partial charge >= 0.3 is 0 Å². The van der Waals surface area contributed by atoms with E-state index >= 15 is 0 Å². The summed E-state index contributed by atoms with van der Waals surface area (Å²) < 4.78 is 0. The lowest BCUT2D eigenvalue weighted by Gasteiger charge is -2.23. The molecule has 3 nitrogen and oxygen atoms in total. The molecule has 3 heteroatoms. The molecule has 0 aromatic heterocycles. The number of anilines is 1. The predicted molar refractivity (Wildman–Crippen MR) is 87.6 cm³/mol. The predicted octanol–water partition coefficient (Wildman–Crippen LogP) is 3.37. The van der Waals surface area contributed by atoms with Gasteiger partial charge in [-0.05, 0) is 37.6 Å². The van der Waals surface area contributed by atoms with Gasteiger partial charge in [0.15, 0.2) is 0 Å². The van der Waals surface area contributed by atoms with Crippen molar-refractivity contribution in [1.82, 2.24) is 4.90 Å². The van der Waals surface area contributed by atoms with Crippen LogP contribution in [0.1, 0.15) is 30.0 Å². The molecule has 1 saturated heterocycles. The van der Waals surface area contributed by atoms with Crippen molar-refractivity contribution in [1.29, 1.82) is 0 Å². The Kier molecular flexibility index (Phi) is 3.43. The first-order chi connectivity index (χ1) is 10.8. The van der Waals surface area contributed by atoms with Crippen molar-refractivity contribution in [2.75, 3.05) is 18.0 Å². The van der Waals surface area contributed by atoms with Gasteiger partial charge in [0.2, 0.25) is 5.91 Å². The minimum Gasteiger partial charge on any atom is -0.306 e. The van der Waals surface area contributed by atoms with E-state index in [1.54, 1.807) is 0 Å². The molecular formula is C19H20N2O. The second-order valence-corrected chi connectivity index (χ2v) is 6.11. The van der Waals surface area contributed by atoms with Crippen LogP contribution in [-0.4, -0.2) is 23.9 Å². The smallest absolute Gasteiger partial charge is 0.249 e. The van der Waals surface area contributed by atoms with E-state index in [1.807, 2.05) is 35.2 Å². The minimum atomic E-state index is -0.0811. The molecule has 2 heterocycles. The van der Waals surface area contributed by atoms with Crippen molar-refractivity contribution >= 4 is 11.6 Å². The molecule has 1 atom stereocenters. The maximum atomic E-state index is 13.0. The van der Waals surface area contributed by atoms with E-state index in [9.17, 15) is 4.79 Å². The second-order valence-electron chi connectivity index (χ2n) is 6.11. The van der Waals surface area contributed by atoms with Crippen molar-refractivity contribution in [2.45, 2.75) is 25.4 Å². The van der Waals surface area contributed by atoms with Crippen LogP contribution >= 0.6 is 0 Å². The summed E-state index contributed by atoms with van der Waals surface area (Å²) in [5, 5.41) is 0. The third-order valence-corrected chi connectivity index (χ3v) is 4.71. The molecule has 2 aliphatic rings. The van der Waals surface area contributed by atoms with E-state index in [0.717, 1.165) is 18.8 Å². The van der Waals surface area contributed by atoms with Gasteiger partial charge in [0.05, 0.1) is 6.54 Å². The first kappa shape index (κ1) is 13.5. The van der Waals surface area contributed by atoms with Gasteiger partial charge in [-0.3, -0.25) is 9.69 Å². The molecule has 1 fully saturated rings. The van der Waals surface area contributed by atoms with Gasteiger partial charge in [-0.1, -0.05) is 48.5 Å². The average molecular weight is 292 g/mol. The molecule has 4 rings (SSSR count). The number of amides is 1. The molecule has 22 heavy (non-hydrogen) atoms. The number of nitrogens with zero attached hydrogens (tertiary/aromatic N) is 2. The van der Waals surface area contributed by atoms with Crippen LogP contribution in [0.2, 0.25) is 0 Å². The Balaban J connectivity index is 1.69. The number of hydrogen-bond acceptors (Lipinski definition) is 2. The molecule has 1 amide bonds. The van der Waals surface area contributed by atoms with Crippen molar-refractivity contribution in [2.24, 2.45) is 0 Å². The number of rotatable bonds is 3. The fourth-order valence-corrected chi connectivity index (χ4v) is 3.65. The summed E-state index contributed by atoms with van der Waals surface area (Å²) in [6.07, 6.45) is 2.40. The molecule has 0 radical (unpaired) electrons. The van der Waals surface area contributed by atoms with Crippen LogP contribution in [-0.2, 0) is 11.3 Å². The zero-order valence-electron chi connectivity index (χ0n) is 12.6. The molecule has 112 valence electrons. The molecule has 0 spiro atoms. The Hall–Kier alpha value is -2.13. The fourth-order valence-electron chi connectivity index (χ4n) is 3.65. The fraction of sp³-hybridized carbons (Fsp3) is 0.316. The van der Waals surface area contributed by atoms with Crippen LogP contribution in [0.5, 0.6) is 0 Å². The molecule has 0 aliphatic carbocycles. The van der Waals surface area contributed by atoms with Gasteiger partial charge in [-0.2, -0.15) is 0 Å². The monoisotopic (exact) mass is 292 g/mol. The second kappa shape index (κ2) is 5.58. The van der Waals surface area contributed by atoms with Gasteiger partial charge in [-0.15, -0.1) is 0 Å². The molecule has 0 N–H and O–H groups in total. The maximum absolute atomic E-state index is 13.0. The molecule has 2 aromatic carbocycles. The van der Waals surface area contributed by atoms with Crippen molar-refractivity contribution in [3.63, 3.8) is 0 Å². The minimum absolute atomic E-state index is 0.0811. The maximum Gasteiger partial charge on any atom is 0.249 e. The van der Waals surface area contributed by atoms with Crippen molar-refractivity contribution < 1.29 is 4.79 Å². The van der Waals surface area contributed by atoms with Crippen LogP contribution < -0.4 is 4.90 Å². The summed E-state index contributed by atoms with van der Waals surface area (Å²) in [5.41, 5.74) is 3.42. The van der Waals surface area contributed by atoms with E-state index < -0.39 is 0 Å². The standard InChI is InChI=1S/C19H20N2O/c22-19-18(20-12-6-7-13-20)16-10-4-5-11-17(16)21(19)14-15-8-2-1-3-9-15/h1-5,8-11,18H,6-7,12-14H2. The molecule has 1 unspecified atom stereocenters. The normalized spacial score (nSPS) is 21.4. The lowest BCUT2D eigenvalue weighted by atomic mass is 10.1. The topological polar surface area (TPSA) is 23.6 Å². The largest absolute Gasteiger partial charge is 0.306 e. The number of fused-ring (bicyclic) bond motifs is 1. The van der Waals surface area contributed by atoms with E-state index in [2.05, 4.69) is 29.2 Å². The first-order valence-electron chi connectivity index (χ1n) is 8.03. The number of hydrogen-bond donors (Lipinski definition) is 0. The Morgan fingerprint density at radius 1 is 0.909 bits per heavy atom. The number of benzene rings is 2. The van der Waals surface area contributed by atoms with Crippen LogP contribution in [0, 0.1) is 0 Å². The van der Waals surface area contributed by atoms with E-state index in [-0.39, 0.29) is 11.9 Å². The Morgan fingerprint density at radius 3 is 2.36 bits per heavy atom. The van der Waals surface area contributed by atoms with Gasteiger partial charge in [-0.25, -0.2) is 0 Å². The highest BCUT2D eigenvalue weighted by Gasteiger charge is 2.41. The highest BCUT2D eigenvalue weighted by Crippen LogP contribution is 2.41. The van der Waals surface area contributed by atoms with Crippen LogP contribution in [0.25, 0.3) is 0 Å².